The molecule has 3 rings (SSSR count). The topological polar surface area (TPSA) is 59.0 Å². The van der Waals surface area contributed by atoms with Crippen LogP contribution in [0.2, 0.25) is 0 Å². The van der Waals surface area contributed by atoms with Crippen LogP contribution in [0.4, 0.5) is 0 Å². The van der Waals surface area contributed by atoms with E-state index in [9.17, 15) is 4.79 Å². The molecule has 1 aromatic heterocycles. The third-order valence-electron chi connectivity index (χ3n) is 5.41. The largest absolute Gasteiger partial charge is 0.353 e. The van der Waals surface area contributed by atoms with Crippen molar-refractivity contribution in [2.75, 3.05) is 13.1 Å². The molecule has 1 aromatic rings. The van der Waals surface area contributed by atoms with Crippen LogP contribution in [0.5, 0.6) is 0 Å². The monoisotopic (exact) mass is 304 g/mol. The fraction of sp³-hybridized carbons (Fsp3) is 0.765. The van der Waals surface area contributed by atoms with Gasteiger partial charge in [0.05, 0.1) is 12.1 Å². The maximum atomic E-state index is 12.7. The Morgan fingerprint density at radius 2 is 2.32 bits per heavy atom. The highest BCUT2D eigenvalue weighted by atomic mass is 16.2. The van der Waals surface area contributed by atoms with Crippen molar-refractivity contribution in [3.05, 3.63) is 18.0 Å². The molecular formula is C17H28N4O. The summed E-state index contributed by atoms with van der Waals surface area (Å²) in [6, 6.07) is 0.376. The van der Waals surface area contributed by atoms with Crippen LogP contribution in [0.25, 0.3) is 0 Å². The van der Waals surface area contributed by atoms with Crippen molar-refractivity contribution in [2.45, 2.75) is 51.0 Å². The summed E-state index contributed by atoms with van der Waals surface area (Å²) in [5.74, 6) is 1.29. The van der Waals surface area contributed by atoms with Gasteiger partial charge in [0, 0.05) is 38.3 Å². The summed E-state index contributed by atoms with van der Waals surface area (Å²) in [4.78, 5) is 12.7. The van der Waals surface area contributed by atoms with E-state index in [1.807, 2.05) is 24.1 Å². The van der Waals surface area contributed by atoms with Crippen molar-refractivity contribution in [1.82, 2.24) is 20.4 Å². The van der Waals surface area contributed by atoms with Crippen molar-refractivity contribution >= 4 is 5.91 Å². The van der Waals surface area contributed by atoms with Crippen molar-refractivity contribution in [3.8, 4) is 0 Å². The number of rotatable bonds is 4. The molecule has 0 aromatic carbocycles. The smallest absolute Gasteiger partial charge is 0.225 e. The van der Waals surface area contributed by atoms with Gasteiger partial charge in [-0.05, 0) is 24.3 Å². The van der Waals surface area contributed by atoms with Crippen molar-refractivity contribution in [1.29, 1.82) is 0 Å². The Kier molecular flexibility index (Phi) is 4.81. The van der Waals surface area contributed by atoms with Crippen LogP contribution in [-0.4, -0.2) is 34.8 Å². The molecule has 1 aliphatic heterocycles. The lowest BCUT2D eigenvalue weighted by Gasteiger charge is -2.30. The van der Waals surface area contributed by atoms with E-state index in [2.05, 4.69) is 22.7 Å². The second-order valence-corrected chi connectivity index (χ2v) is 6.96. The summed E-state index contributed by atoms with van der Waals surface area (Å²) in [7, 11) is 1.92. The molecule has 2 N–H and O–H groups in total. The fourth-order valence-corrected chi connectivity index (χ4v) is 4.04. The summed E-state index contributed by atoms with van der Waals surface area (Å²) in [6.07, 6.45) is 10.0. The first-order valence-corrected chi connectivity index (χ1v) is 8.67. The Bertz CT molecular complexity index is 513. The number of aryl methyl sites for hydroxylation is 1. The first kappa shape index (κ1) is 15.5. The van der Waals surface area contributed by atoms with Crippen molar-refractivity contribution in [3.63, 3.8) is 0 Å². The zero-order valence-electron chi connectivity index (χ0n) is 13.7. The van der Waals surface area contributed by atoms with Gasteiger partial charge in [0.2, 0.25) is 5.91 Å². The Balaban J connectivity index is 1.61. The first-order valence-electron chi connectivity index (χ1n) is 8.67. The highest BCUT2D eigenvalue weighted by molar-refractivity contribution is 5.80. The number of amides is 1. The summed E-state index contributed by atoms with van der Waals surface area (Å²) >= 11 is 0. The van der Waals surface area contributed by atoms with E-state index in [0.29, 0.717) is 6.04 Å². The minimum Gasteiger partial charge on any atom is -0.353 e. The Morgan fingerprint density at radius 1 is 1.45 bits per heavy atom. The van der Waals surface area contributed by atoms with Gasteiger partial charge in [-0.1, -0.05) is 26.2 Å². The van der Waals surface area contributed by atoms with Gasteiger partial charge in [0.15, 0.2) is 0 Å². The number of nitrogens with one attached hydrogen (secondary N) is 2. The Hall–Kier alpha value is -1.36. The molecule has 1 saturated heterocycles. The molecule has 22 heavy (non-hydrogen) atoms. The molecule has 2 heterocycles. The molecule has 122 valence electrons. The SMILES string of the molecule is CCC1CCCC(NC(=O)[C@H]2CNC[C@@H]2c2cnn(C)c2)C1. The zero-order valence-corrected chi connectivity index (χ0v) is 13.7. The van der Waals surface area contributed by atoms with Gasteiger partial charge in [-0.25, -0.2) is 0 Å². The molecular weight excluding hydrogens is 276 g/mol. The van der Waals surface area contributed by atoms with E-state index in [-0.39, 0.29) is 17.7 Å². The fourth-order valence-electron chi connectivity index (χ4n) is 4.04. The summed E-state index contributed by atoms with van der Waals surface area (Å²) in [5.41, 5.74) is 1.17. The Labute approximate surface area is 132 Å². The molecule has 1 aliphatic carbocycles. The van der Waals surface area contributed by atoms with E-state index in [4.69, 9.17) is 0 Å². The molecule has 2 unspecified atom stereocenters. The molecule has 4 atom stereocenters. The van der Waals surface area contributed by atoms with Crippen LogP contribution in [-0.2, 0) is 11.8 Å². The van der Waals surface area contributed by atoms with Gasteiger partial charge in [-0.2, -0.15) is 5.10 Å². The first-order chi connectivity index (χ1) is 10.7. The summed E-state index contributed by atoms with van der Waals surface area (Å²) < 4.78 is 1.82. The van der Waals surface area contributed by atoms with Crippen LogP contribution in [0.3, 0.4) is 0 Å². The maximum absolute atomic E-state index is 12.7. The lowest BCUT2D eigenvalue weighted by molar-refractivity contribution is -0.125. The van der Waals surface area contributed by atoms with Crippen molar-refractivity contribution < 1.29 is 4.79 Å². The van der Waals surface area contributed by atoms with E-state index in [0.717, 1.165) is 31.8 Å². The highest BCUT2D eigenvalue weighted by Crippen LogP contribution is 2.30. The standard InChI is InChI=1S/C17H28N4O/c1-3-12-5-4-6-14(7-12)20-17(22)16-10-18-9-15(16)13-8-19-21(2)11-13/h8,11-12,14-16,18H,3-7,9-10H2,1-2H3,(H,20,22)/t12?,14?,15-,16+/m1/s1. The van der Waals surface area contributed by atoms with E-state index >= 15 is 0 Å². The van der Waals surface area contributed by atoms with Crippen LogP contribution in [0.1, 0.15) is 50.5 Å². The van der Waals surface area contributed by atoms with Crippen LogP contribution >= 0.6 is 0 Å². The van der Waals surface area contributed by atoms with Gasteiger partial charge >= 0.3 is 0 Å². The third-order valence-corrected chi connectivity index (χ3v) is 5.41. The number of hydrogen-bond acceptors (Lipinski definition) is 3. The van der Waals surface area contributed by atoms with Gasteiger partial charge in [0.1, 0.15) is 0 Å². The van der Waals surface area contributed by atoms with E-state index in [1.165, 1.54) is 24.8 Å². The molecule has 1 amide bonds. The number of hydrogen-bond donors (Lipinski definition) is 2. The number of aromatic nitrogens is 2. The van der Waals surface area contributed by atoms with E-state index in [1.54, 1.807) is 0 Å². The van der Waals surface area contributed by atoms with Crippen molar-refractivity contribution in [2.24, 2.45) is 18.9 Å². The maximum Gasteiger partial charge on any atom is 0.225 e. The van der Waals surface area contributed by atoms with Gasteiger partial charge < -0.3 is 10.6 Å². The quantitative estimate of drug-likeness (QED) is 0.892. The highest BCUT2D eigenvalue weighted by Gasteiger charge is 2.36. The van der Waals surface area contributed by atoms with Gasteiger partial charge in [-0.15, -0.1) is 0 Å². The van der Waals surface area contributed by atoms with Crippen LogP contribution in [0, 0.1) is 11.8 Å². The molecule has 2 fully saturated rings. The predicted molar refractivity (Wildman–Crippen MR) is 86.5 cm³/mol. The molecule has 0 bridgehead atoms. The minimum atomic E-state index is 0.0335. The average molecular weight is 304 g/mol. The number of carbonyl (C=O) groups is 1. The predicted octanol–water partition coefficient (Wildman–Crippen LogP) is 1.81. The second-order valence-electron chi connectivity index (χ2n) is 6.96. The average Bonchev–Trinajstić information content (AvgIpc) is 3.15. The molecule has 1 saturated carbocycles. The normalized spacial score (nSPS) is 32.1. The van der Waals surface area contributed by atoms with E-state index < -0.39 is 0 Å². The molecule has 0 radical (unpaired) electrons. The minimum absolute atomic E-state index is 0.0335. The molecule has 5 heteroatoms. The van der Waals surface area contributed by atoms with Gasteiger partial charge in [0.25, 0.3) is 0 Å². The number of carbonyl (C=O) groups excluding carboxylic acids is 1. The second kappa shape index (κ2) is 6.82. The third kappa shape index (κ3) is 3.35. The lowest BCUT2D eigenvalue weighted by Crippen LogP contribution is -2.43. The molecule has 0 spiro atoms. The summed E-state index contributed by atoms with van der Waals surface area (Å²) in [6.45, 7) is 3.90. The molecule has 2 aliphatic rings. The lowest BCUT2D eigenvalue weighted by atomic mass is 9.83. The van der Waals surface area contributed by atoms with Crippen LogP contribution < -0.4 is 10.6 Å². The summed E-state index contributed by atoms with van der Waals surface area (Å²) in [5, 5.41) is 10.9. The zero-order chi connectivity index (χ0) is 15.5. The van der Waals surface area contributed by atoms with Crippen LogP contribution in [0.15, 0.2) is 12.4 Å². The van der Waals surface area contributed by atoms with Gasteiger partial charge in [-0.3, -0.25) is 9.48 Å². The Morgan fingerprint density at radius 3 is 3.05 bits per heavy atom. The number of nitrogens with zero attached hydrogens (tertiary/aromatic N) is 2. The molecule has 5 nitrogen and oxygen atoms in total.